The summed E-state index contributed by atoms with van der Waals surface area (Å²) in [6.07, 6.45) is 0.705. The van der Waals surface area contributed by atoms with Crippen LogP contribution < -0.4 is 9.47 Å². The lowest BCUT2D eigenvalue weighted by molar-refractivity contribution is -0.134. The van der Waals surface area contributed by atoms with Crippen molar-refractivity contribution in [2.75, 3.05) is 19.8 Å². The summed E-state index contributed by atoms with van der Waals surface area (Å²) in [5, 5.41) is 9.13. The number of rotatable bonds is 6. The second kappa shape index (κ2) is 7.91. The van der Waals surface area contributed by atoms with Gasteiger partial charge in [0.15, 0.2) is 18.1 Å². The van der Waals surface area contributed by atoms with Gasteiger partial charge < -0.3 is 19.5 Å². The summed E-state index contributed by atoms with van der Waals surface area (Å²) in [6, 6.07) is 12.3. The number of fused-ring (bicyclic) bond motifs is 1. The van der Waals surface area contributed by atoms with Gasteiger partial charge in [-0.2, -0.15) is 0 Å². The summed E-state index contributed by atoms with van der Waals surface area (Å²) in [5.41, 5.74) is 2.20. The molecule has 1 heterocycles. The number of hydrogen-bond acceptors (Lipinski definition) is 4. The van der Waals surface area contributed by atoms with Crippen LogP contribution in [-0.4, -0.2) is 41.6 Å². The Bertz CT molecular complexity index is 818. The second-order valence-electron chi connectivity index (χ2n) is 6.02. The smallest absolute Gasteiger partial charge is 0.335 e. The maximum atomic E-state index is 12.5. The normalized spacial score (nSPS) is 13.0. The molecule has 0 unspecified atom stereocenters. The Balaban J connectivity index is 1.65. The van der Waals surface area contributed by atoms with E-state index in [1.807, 2.05) is 25.1 Å². The van der Waals surface area contributed by atoms with Crippen molar-refractivity contribution in [1.82, 2.24) is 4.90 Å². The number of nitrogens with zero attached hydrogens (tertiary/aromatic N) is 1. The maximum absolute atomic E-state index is 12.5. The Morgan fingerprint density at radius 1 is 1.08 bits per heavy atom. The molecule has 1 aliphatic heterocycles. The summed E-state index contributed by atoms with van der Waals surface area (Å²) in [5.74, 6) is 0.0426. The number of aromatic carboxylic acids is 1. The summed E-state index contributed by atoms with van der Waals surface area (Å²) < 4.78 is 11.1. The molecule has 2 aromatic rings. The van der Waals surface area contributed by atoms with E-state index in [1.54, 1.807) is 29.2 Å². The fraction of sp³-hybridized carbons (Fsp3) is 0.300. The Morgan fingerprint density at radius 3 is 2.50 bits per heavy atom. The van der Waals surface area contributed by atoms with Crippen LogP contribution in [0.3, 0.4) is 0 Å². The van der Waals surface area contributed by atoms with Crippen molar-refractivity contribution in [3.8, 4) is 11.5 Å². The van der Waals surface area contributed by atoms with Crippen LogP contribution >= 0.6 is 0 Å². The molecule has 0 aromatic heterocycles. The van der Waals surface area contributed by atoms with E-state index in [9.17, 15) is 9.59 Å². The minimum atomic E-state index is -0.966. The van der Waals surface area contributed by atoms with Gasteiger partial charge in [0.2, 0.25) is 0 Å². The zero-order chi connectivity index (χ0) is 18.5. The van der Waals surface area contributed by atoms with Gasteiger partial charge in [-0.1, -0.05) is 18.2 Å². The van der Waals surface area contributed by atoms with Crippen molar-refractivity contribution in [3.05, 3.63) is 59.2 Å². The maximum Gasteiger partial charge on any atom is 0.335 e. The molecule has 0 atom stereocenters. The first-order valence-corrected chi connectivity index (χ1v) is 8.56. The van der Waals surface area contributed by atoms with Crippen molar-refractivity contribution in [2.24, 2.45) is 0 Å². The molecule has 1 amide bonds. The molecule has 26 heavy (non-hydrogen) atoms. The minimum Gasteiger partial charge on any atom is -0.490 e. The van der Waals surface area contributed by atoms with E-state index in [-0.39, 0.29) is 18.1 Å². The van der Waals surface area contributed by atoms with Gasteiger partial charge in [0.25, 0.3) is 5.91 Å². The van der Waals surface area contributed by atoms with Crippen LogP contribution in [-0.2, 0) is 17.8 Å². The van der Waals surface area contributed by atoms with Gasteiger partial charge in [-0.25, -0.2) is 4.79 Å². The average molecular weight is 355 g/mol. The van der Waals surface area contributed by atoms with E-state index in [0.29, 0.717) is 37.6 Å². The highest BCUT2D eigenvalue weighted by Crippen LogP contribution is 2.26. The fourth-order valence-corrected chi connectivity index (χ4v) is 2.98. The van der Waals surface area contributed by atoms with Gasteiger partial charge in [0, 0.05) is 13.1 Å². The highest BCUT2D eigenvalue weighted by atomic mass is 16.5. The summed E-state index contributed by atoms with van der Waals surface area (Å²) >= 11 is 0. The molecule has 0 fully saturated rings. The van der Waals surface area contributed by atoms with E-state index >= 15 is 0 Å². The average Bonchev–Trinajstić information content (AvgIpc) is 2.66. The largest absolute Gasteiger partial charge is 0.490 e. The first-order valence-electron chi connectivity index (χ1n) is 8.56. The molecule has 3 rings (SSSR count). The lowest BCUT2D eigenvalue weighted by atomic mass is 9.97. The topological polar surface area (TPSA) is 76.1 Å². The van der Waals surface area contributed by atoms with Gasteiger partial charge >= 0.3 is 5.97 Å². The molecule has 0 aliphatic carbocycles. The molecule has 1 aliphatic rings. The highest BCUT2D eigenvalue weighted by Gasteiger charge is 2.22. The SMILES string of the molecule is CCOc1ccccc1OCC(=O)N1CCc2ccc(C(=O)O)cc2C1. The standard InChI is InChI=1S/C20H21NO5/c1-2-25-17-5-3-4-6-18(17)26-13-19(22)21-10-9-14-7-8-15(20(23)24)11-16(14)12-21/h3-8,11H,2,9-10,12-13H2,1H3,(H,23,24). The van der Waals surface area contributed by atoms with Crippen LogP contribution in [0.15, 0.2) is 42.5 Å². The van der Waals surface area contributed by atoms with Crippen LogP contribution in [0.5, 0.6) is 11.5 Å². The number of para-hydroxylation sites is 2. The number of carboxylic acids is 1. The molecule has 0 saturated heterocycles. The van der Waals surface area contributed by atoms with Crippen molar-refractivity contribution in [2.45, 2.75) is 19.9 Å². The molecular formula is C20H21NO5. The second-order valence-corrected chi connectivity index (χ2v) is 6.02. The Labute approximate surface area is 152 Å². The predicted octanol–water partition coefficient (Wildman–Crippen LogP) is 2.75. The zero-order valence-electron chi connectivity index (χ0n) is 14.6. The molecule has 1 N–H and O–H groups in total. The van der Waals surface area contributed by atoms with Crippen LogP contribution in [0.25, 0.3) is 0 Å². The van der Waals surface area contributed by atoms with Gasteiger partial charge in [-0.05, 0) is 48.7 Å². The lowest BCUT2D eigenvalue weighted by Crippen LogP contribution is -2.39. The van der Waals surface area contributed by atoms with Crippen LogP contribution in [0, 0.1) is 0 Å². The number of carbonyl (C=O) groups excluding carboxylic acids is 1. The molecule has 0 bridgehead atoms. The van der Waals surface area contributed by atoms with E-state index in [0.717, 1.165) is 11.1 Å². The molecule has 136 valence electrons. The fourth-order valence-electron chi connectivity index (χ4n) is 2.98. The van der Waals surface area contributed by atoms with Gasteiger partial charge in [0.1, 0.15) is 0 Å². The molecule has 0 spiro atoms. The van der Waals surface area contributed by atoms with Gasteiger partial charge in [-0.3, -0.25) is 4.79 Å². The number of ether oxygens (including phenoxy) is 2. The highest BCUT2D eigenvalue weighted by molar-refractivity contribution is 5.88. The van der Waals surface area contributed by atoms with Crippen molar-refractivity contribution >= 4 is 11.9 Å². The number of hydrogen-bond donors (Lipinski definition) is 1. The molecule has 6 heteroatoms. The molecule has 2 aromatic carbocycles. The number of carbonyl (C=O) groups is 2. The van der Waals surface area contributed by atoms with Crippen LogP contribution in [0.1, 0.15) is 28.4 Å². The van der Waals surface area contributed by atoms with E-state index in [2.05, 4.69) is 0 Å². The third kappa shape index (κ3) is 3.96. The lowest BCUT2D eigenvalue weighted by Gasteiger charge is -2.29. The summed E-state index contributed by atoms with van der Waals surface area (Å²) in [7, 11) is 0. The third-order valence-corrected chi connectivity index (χ3v) is 4.32. The van der Waals surface area contributed by atoms with Crippen LogP contribution in [0.2, 0.25) is 0 Å². The van der Waals surface area contributed by atoms with Crippen molar-refractivity contribution in [1.29, 1.82) is 0 Å². The molecule has 0 saturated carbocycles. The first-order chi connectivity index (χ1) is 12.6. The number of amides is 1. The minimum absolute atomic E-state index is 0.0853. The number of carboxylic acid groups (broad SMARTS) is 1. The van der Waals surface area contributed by atoms with Gasteiger partial charge in [-0.15, -0.1) is 0 Å². The third-order valence-electron chi connectivity index (χ3n) is 4.32. The van der Waals surface area contributed by atoms with Gasteiger partial charge in [0.05, 0.1) is 12.2 Å². The monoisotopic (exact) mass is 355 g/mol. The van der Waals surface area contributed by atoms with Crippen molar-refractivity contribution < 1.29 is 24.2 Å². The predicted molar refractivity (Wildman–Crippen MR) is 95.6 cm³/mol. The van der Waals surface area contributed by atoms with Crippen molar-refractivity contribution in [3.63, 3.8) is 0 Å². The zero-order valence-corrected chi connectivity index (χ0v) is 14.6. The number of benzene rings is 2. The summed E-state index contributed by atoms with van der Waals surface area (Å²) in [4.78, 5) is 25.3. The summed E-state index contributed by atoms with van der Waals surface area (Å²) in [6.45, 7) is 3.31. The van der Waals surface area contributed by atoms with E-state index < -0.39 is 5.97 Å². The van der Waals surface area contributed by atoms with Crippen LogP contribution in [0.4, 0.5) is 0 Å². The molecule has 0 radical (unpaired) electrons. The van der Waals surface area contributed by atoms with E-state index in [1.165, 1.54) is 0 Å². The quantitative estimate of drug-likeness (QED) is 0.862. The Hall–Kier alpha value is -3.02. The molecular weight excluding hydrogens is 334 g/mol. The van der Waals surface area contributed by atoms with E-state index in [4.69, 9.17) is 14.6 Å². The Morgan fingerprint density at radius 2 is 1.81 bits per heavy atom. The Kier molecular flexibility index (Phi) is 5.41. The molecule has 6 nitrogen and oxygen atoms in total. The first kappa shape index (κ1) is 17.8.